The van der Waals surface area contributed by atoms with Gasteiger partial charge >= 0.3 is 10.4 Å². The van der Waals surface area contributed by atoms with Gasteiger partial charge in [0.25, 0.3) is 0 Å². The minimum absolute atomic E-state index is 0.971. The summed E-state index contributed by atoms with van der Waals surface area (Å²) in [5, 5.41) is 0. The van der Waals surface area contributed by atoms with Crippen LogP contribution < -0.4 is 11.3 Å². The van der Waals surface area contributed by atoms with Crippen molar-refractivity contribution < 1.29 is 17.5 Å². The lowest BCUT2D eigenvalue weighted by Gasteiger charge is -2.03. The highest BCUT2D eigenvalue weighted by atomic mass is 32.3. The summed E-state index contributed by atoms with van der Waals surface area (Å²) in [7, 11) is -4.67. The van der Waals surface area contributed by atoms with E-state index in [1.54, 1.807) is 0 Å². The zero-order valence-corrected chi connectivity index (χ0v) is 17.0. The highest BCUT2D eigenvalue weighted by Gasteiger charge is 1.94. The maximum absolute atomic E-state index is 8.74. The molecule has 0 heterocycles. The van der Waals surface area contributed by atoms with Crippen molar-refractivity contribution in [3.8, 4) is 0 Å². The molecule has 25 heavy (non-hydrogen) atoms. The number of nitrogens with one attached hydrogen (secondary N) is 1. The van der Waals surface area contributed by atoms with Crippen LogP contribution in [0.1, 0.15) is 110 Å². The van der Waals surface area contributed by atoms with Gasteiger partial charge in [-0.25, -0.2) is 0 Å². The second-order valence-electron chi connectivity index (χ2n) is 6.71. The summed E-state index contributed by atoms with van der Waals surface area (Å²) in [6.07, 6.45) is 22.8. The molecule has 0 rings (SSSR count). The van der Waals surface area contributed by atoms with Crippen LogP contribution in [0.25, 0.3) is 0 Å². The first-order valence-electron chi connectivity index (χ1n) is 10.0. The number of hydrogen-bond donors (Lipinski definition) is 4. The molecule has 0 unspecified atom stereocenters. The summed E-state index contributed by atoms with van der Waals surface area (Å²) in [4.78, 5) is 0. The number of hydrogen-bond acceptors (Lipinski definition) is 4. The van der Waals surface area contributed by atoms with Crippen LogP contribution in [0.15, 0.2) is 0 Å². The van der Waals surface area contributed by atoms with Crippen LogP contribution in [-0.4, -0.2) is 24.1 Å². The van der Waals surface area contributed by atoms with E-state index in [0.29, 0.717) is 0 Å². The lowest BCUT2D eigenvalue weighted by Crippen LogP contribution is -2.22. The molecule has 0 radical (unpaired) electrons. The van der Waals surface area contributed by atoms with E-state index < -0.39 is 10.4 Å². The smallest absolute Gasteiger partial charge is 0.271 e. The average Bonchev–Trinajstić information content (AvgIpc) is 2.53. The van der Waals surface area contributed by atoms with E-state index in [1.165, 1.54) is 103 Å². The molecule has 0 amide bonds. The van der Waals surface area contributed by atoms with Crippen LogP contribution in [0.2, 0.25) is 0 Å². The van der Waals surface area contributed by atoms with E-state index in [9.17, 15) is 0 Å². The Bertz CT molecular complexity index is 312. The minimum atomic E-state index is -4.67. The predicted octanol–water partition coefficient (Wildman–Crippen LogP) is 5.06. The van der Waals surface area contributed by atoms with Crippen LogP contribution in [0.3, 0.4) is 0 Å². The van der Waals surface area contributed by atoms with Crippen molar-refractivity contribution in [1.82, 2.24) is 5.43 Å². The molecule has 0 bridgehead atoms. The van der Waals surface area contributed by atoms with Crippen LogP contribution in [0, 0.1) is 0 Å². The Morgan fingerprint density at radius 3 is 1.12 bits per heavy atom. The molecule has 0 saturated heterocycles. The lowest BCUT2D eigenvalue weighted by atomic mass is 10.0. The summed E-state index contributed by atoms with van der Waals surface area (Å²) in [5.74, 6) is 5.24. The van der Waals surface area contributed by atoms with Gasteiger partial charge in [0.1, 0.15) is 0 Å². The molecule has 0 aromatic rings. The molecule has 0 aliphatic carbocycles. The first-order chi connectivity index (χ1) is 11.9. The summed E-state index contributed by atoms with van der Waals surface area (Å²) < 4.78 is 31.6. The van der Waals surface area contributed by atoms with Crippen LogP contribution in [-0.2, 0) is 10.4 Å². The first-order valence-corrected chi connectivity index (χ1v) is 11.4. The number of hydrazine groups is 1. The van der Waals surface area contributed by atoms with Crippen LogP contribution >= 0.6 is 0 Å². The quantitative estimate of drug-likeness (QED) is 0.121. The molecule has 5 N–H and O–H groups in total. The van der Waals surface area contributed by atoms with E-state index in [0.717, 1.165) is 6.54 Å². The summed E-state index contributed by atoms with van der Waals surface area (Å²) in [6, 6.07) is 0. The van der Waals surface area contributed by atoms with E-state index >= 15 is 0 Å². The lowest BCUT2D eigenvalue weighted by molar-refractivity contribution is 0.381. The van der Waals surface area contributed by atoms with Gasteiger partial charge in [-0.1, -0.05) is 103 Å². The van der Waals surface area contributed by atoms with Gasteiger partial charge in [0.15, 0.2) is 0 Å². The molecule has 154 valence electrons. The molecule has 0 saturated carbocycles. The van der Waals surface area contributed by atoms with Crippen LogP contribution in [0.4, 0.5) is 0 Å². The van der Waals surface area contributed by atoms with Gasteiger partial charge in [-0.05, 0) is 6.42 Å². The van der Waals surface area contributed by atoms with Crippen molar-refractivity contribution in [2.24, 2.45) is 5.84 Å². The predicted molar refractivity (Wildman–Crippen MR) is 106 cm³/mol. The molecule has 0 aliphatic heterocycles. The zero-order valence-electron chi connectivity index (χ0n) is 16.2. The maximum Gasteiger partial charge on any atom is 0.394 e. The van der Waals surface area contributed by atoms with Crippen molar-refractivity contribution in [3.05, 3.63) is 0 Å². The second kappa shape index (κ2) is 21.8. The molecule has 6 nitrogen and oxygen atoms in total. The SMILES string of the molecule is CCCCCCCCCCCCCCCCCCNN.O=S(=O)(O)O. The van der Waals surface area contributed by atoms with Gasteiger partial charge < -0.3 is 0 Å². The minimum Gasteiger partial charge on any atom is -0.271 e. The molecule has 7 heteroatoms. The molecular weight excluding hydrogens is 340 g/mol. The molecule has 0 aromatic carbocycles. The topological polar surface area (TPSA) is 113 Å². The largest absolute Gasteiger partial charge is 0.394 e. The second-order valence-corrected chi connectivity index (χ2v) is 7.60. The van der Waals surface area contributed by atoms with Gasteiger partial charge in [-0.15, -0.1) is 0 Å². The Morgan fingerprint density at radius 2 is 0.880 bits per heavy atom. The van der Waals surface area contributed by atoms with Crippen LogP contribution in [0.5, 0.6) is 0 Å². The van der Waals surface area contributed by atoms with Gasteiger partial charge in [-0.2, -0.15) is 8.42 Å². The van der Waals surface area contributed by atoms with Gasteiger partial charge in [-0.3, -0.25) is 20.4 Å². The Hall–Kier alpha value is -0.210. The Morgan fingerprint density at radius 1 is 0.640 bits per heavy atom. The average molecular weight is 383 g/mol. The number of unbranched alkanes of at least 4 members (excludes halogenated alkanes) is 15. The third-order valence-electron chi connectivity index (χ3n) is 4.17. The summed E-state index contributed by atoms with van der Waals surface area (Å²) in [6.45, 7) is 3.26. The molecule has 0 atom stereocenters. The molecular formula is C18H42N2O4S. The van der Waals surface area contributed by atoms with Gasteiger partial charge in [0, 0.05) is 6.54 Å². The van der Waals surface area contributed by atoms with E-state index in [1.807, 2.05) is 0 Å². The normalized spacial score (nSPS) is 11.2. The van der Waals surface area contributed by atoms with Crippen molar-refractivity contribution in [3.63, 3.8) is 0 Å². The standard InChI is InChI=1S/C18H40N2.H2O4S/c1-2-3-4-5-6-7-8-9-10-11-12-13-14-15-16-17-18-20-19;1-5(2,3)4/h20H,2-19H2,1H3;(H2,1,2,3,4). The Kier molecular flexibility index (Phi) is 23.6. The third kappa shape index (κ3) is 40.1. The Balaban J connectivity index is 0. The van der Waals surface area contributed by atoms with Gasteiger partial charge in [0.2, 0.25) is 0 Å². The van der Waals surface area contributed by atoms with Crippen molar-refractivity contribution in [2.75, 3.05) is 6.54 Å². The van der Waals surface area contributed by atoms with Crippen molar-refractivity contribution >= 4 is 10.4 Å². The van der Waals surface area contributed by atoms with Crippen molar-refractivity contribution in [2.45, 2.75) is 110 Å². The monoisotopic (exact) mass is 382 g/mol. The number of nitrogens with two attached hydrogens (primary N) is 1. The van der Waals surface area contributed by atoms with Crippen molar-refractivity contribution in [1.29, 1.82) is 0 Å². The molecule has 0 aromatic heterocycles. The zero-order chi connectivity index (χ0) is 19.2. The Labute approximate surface area is 155 Å². The molecule has 0 spiro atoms. The highest BCUT2D eigenvalue weighted by molar-refractivity contribution is 7.79. The van der Waals surface area contributed by atoms with E-state index in [-0.39, 0.29) is 0 Å². The maximum atomic E-state index is 8.74. The van der Waals surface area contributed by atoms with E-state index in [4.69, 9.17) is 23.4 Å². The summed E-state index contributed by atoms with van der Waals surface area (Å²) in [5.41, 5.74) is 2.72. The third-order valence-corrected chi connectivity index (χ3v) is 4.17. The van der Waals surface area contributed by atoms with Gasteiger partial charge in [0.05, 0.1) is 0 Å². The van der Waals surface area contributed by atoms with E-state index in [2.05, 4.69) is 12.3 Å². The molecule has 0 aliphatic rings. The first kappa shape index (κ1) is 27.0. The fourth-order valence-corrected chi connectivity index (χ4v) is 2.78. The summed E-state index contributed by atoms with van der Waals surface area (Å²) >= 11 is 0. The highest BCUT2D eigenvalue weighted by Crippen LogP contribution is 2.13. The molecule has 0 fully saturated rings. The fourth-order valence-electron chi connectivity index (χ4n) is 2.78. The fraction of sp³-hybridized carbons (Fsp3) is 1.00. The number of rotatable bonds is 17.